The van der Waals surface area contributed by atoms with E-state index in [-0.39, 0.29) is 5.75 Å². The summed E-state index contributed by atoms with van der Waals surface area (Å²) in [6.07, 6.45) is 3.39. The number of pyridine rings is 1. The van der Waals surface area contributed by atoms with Crippen LogP contribution in [0.3, 0.4) is 0 Å². The Balaban J connectivity index is 2.69. The summed E-state index contributed by atoms with van der Waals surface area (Å²) in [4.78, 5) is 7.20. The van der Waals surface area contributed by atoms with Gasteiger partial charge in [0, 0.05) is 23.2 Å². The number of phenolic OH excluding ortho intramolecular Hbond substituents is 1. The van der Waals surface area contributed by atoms with E-state index < -0.39 is 0 Å². The number of benzene rings is 1. The zero-order valence-corrected chi connectivity index (χ0v) is 8.42. The third-order valence-corrected chi connectivity index (χ3v) is 2.78. The molecule has 4 heteroatoms. The molecule has 74 valence electrons. The van der Waals surface area contributed by atoms with Crippen LogP contribution in [-0.2, 0) is 0 Å². The van der Waals surface area contributed by atoms with Crippen LogP contribution in [0.5, 0.6) is 5.75 Å². The van der Waals surface area contributed by atoms with Gasteiger partial charge in [-0.1, -0.05) is 11.6 Å². The van der Waals surface area contributed by atoms with Gasteiger partial charge >= 0.3 is 0 Å². The van der Waals surface area contributed by atoms with E-state index in [1.54, 1.807) is 24.5 Å². The second-order valence-electron chi connectivity index (χ2n) is 3.35. The van der Waals surface area contributed by atoms with Crippen molar-refractivity contribution in [2.45, 2.75) is 0 Å². The van der Waals surface area contributed by atoms with Crippen molar-refractivity contribution in [1.29, 1.82) is 0 Å². The van der Waals surface area contributed by atoms with Gasteiger partial charge in [-0.3, -0.25) is 4.98 Å². The van der Waals surface area contributed by atoms with E-state index >= 15 is 0 Å². The number of rotatable bonds is 0. The van der Waals surface area contributed by atoms with E-state index in [2.05, 4.69) is 9.97 Å². The number of fused-ring (bicyclic) bond motifs is 3. The molecular weight excluding hydrogens is 212 g/mol. The Bertz CT molecular complexity index is 660. The Morgan fingerprint density at radius 3 is 3.07 bits per heavy atom. The standard InChI is InChI=1S/C11H7ClN2O/c12-7-2-4-14-11-8(15)5-6-1-3-13-10(6)9(7)11/h1-5,14-15H. The molecule has 15 heavy (non-hydrogen) atoms. The lowest BCUT2D eigenvalue weighted by Crippen LogP contribution is -1.82. The summed E-state index contributed by atoms with van der Waals surface area (Å²) in [6, 6.07) is 5.27. The summed E-state index contributed by atoms with van der Waals surface area (Å²) in [5.41, 5.74) is 1.43. The zero-order valence-electron chi connectivity index (χ0n) is 7.66. The summed E-state index contributed by atoms with van der Waals surface area (Å²) in [5.74, 6) is 0.188. The maximum absolute atomic E-state index is 9.79. The van der Waals surface area contributed by atoms with Gasteiger partial charge < -0.3 is 10.1 Å². The van der Waals surface area contributed by atoms with Crippen LogP contribution >= 0.6 is 11.6 Å². The van der Waals surface area contributed by atoms with Crippen molar-refractivity contribution in [3.63, 3.8) is 0 Å². The first-order valence-electron chi connectivity index (χ1n) is 4.50. The molecule has 3 aromatic rings. The molecule has 0 fully saturated rings. The molecule has 0 aliphatic heterocycles. The van der Waals surface area contributed by atoms with Gasteiger partial charge in [-0.25, -0.2) is 0 Å². The first-order valence-corrected chi connectivity index (χ1v) is 4.88. The fourth-order valence-corrected chi connectivity index (χ4v) is 2.04. The van der Waals surface area contributed by atoms with Crippen molar-refractivity contribution in [3.05, 3.63) is 35.6 Å². The molecule has 1 aromatic carbocycles. The van der Waals surface area contributed by atoms with E-state index in [0.717, 1.165) is 16.3 Å². The normalized spacial score (nSPS) is 11.3. The molecule has 2 aromatic heterocycles. The van der Waals surface area contributed by atoms with Gasteiger partial charge in [0.15, 0.2) is 0 Å². The lowest BCUT2D eigenvalue weighted by Gasteiger charge is -2.04. The van der Waals surface area contributed by atoms with Crippen LogP contribution in [0.1, 0.15) is 0 Å². The molecule has 3 rings (SSSR count). The number of aromatic amines is 1. The highest BCUT2D eigenvalue weighted by Gasteiger charge is 2.10. The molecule has 0 amide bonds. The van der Waals surface area contributed by atoms with Crippen LogP contribution in [0.4, 0.5) is 0 Å². The van der Waals surface area contributed by atoms with Crippen molar-refractivity contribution in [3.8, 4) is 5.75 Å². The fraction of sp³-hybridized carbons (Fsp3) is 0. The highest BCUT2D eigenvalue weighted by Crippen LogP contribution is 2.34. The molecule has 0 spiro atoms. The Morgan fingerprint density at radius 1 is 1.33 bits per heavy atom. The maximum atomic E-state index is 9.79. The number of aromatic nitrogens is 2. The molecule has 0 atom stereocenters. The summed E-state index contributed by atoms with van der Waals surface area (Å²) >= 11 is 6.09. The monoisotopic (exact) mass is 218 g/mol. The third kappa shape index (κ3) is 1.10. The van der Waals surface area contributed by atoms with Gasteiger partial charge in [0.25, 0.3) is 0 Å². The minimum atomic E-state index is 0.188. The molecule has 2 heterocycles. The van der Waals surface area contributed by atoms with Crippen molar-refractivity contribution in [2.75, 3.05) is 0 Å². The largest absolute Gasteiger partial charge is 0.506 e. The minimum absolute atomic E-state index is 0.188. The molecule has 0 unspecified atom stereocenters. The average molecular weight is 219 g/mol. The van der Waals surface area contributed by atoms with Crippen molar-refractivity contribution in [1.82, 2.24) is 9.97 Å². The molecular formula is C11H7ClN2O. The van der Waals surface area contributed by atoms with Crippen LogP contribution in [0.15, 0.2) is 30.6 Å². The quantitative estimate of drug-likeness (QED) is 0.609. The number of hydrogen-bond acceptors (Lipinski definition) is 2. The molecule has 3 nitrogen and oxygen atoms in total. The molecule has 0 radical (unpaired) electrons. The highest BCUT2D eigenvalue weighted by molar-refractivity contribution is 6.37. The second-order valence-corrected chi connectivity index (χ2v) is 3.76. The van der Waals surface area contributed by atoms with Crippen LogP contribution < -0.4 is 0 Å². The number of aromatic hydroxyl groups is 1. The van der Waals surface area contributed by atoms with E-state index in [0.29, 0.717) is 10.5 Å². The Morgan fingerprint density at radius 2 is 2.20 bits per heavy atom. The third-order valence-electron chi connectivity index (χ3n) is 2.46. The smallest absolute Gasteiger partial charge is 0.140 e. The highest BCUT2D eigenvalue weighted by atomic mass is 35.5. The van der Waals surface area contributed by atoms with Gasteiger partial charge in [-0.2, -0.15) is 0 Å². The molecule has 0 saturated heterocycles. The van der Waals surface area contributed by atoms with Gasteiger partial charge in [0.1, 0.15) is 5.75 Å². The minimum Gasteiger partial charge on any atom is -0.506 e. The summed E-state index contributed by atoms with van der Waals surface area (Å²) < 4.78 is 0. The number of H-pyrrole nitrogens is 1. The summed E-state index contributed by atoms with van der Waals surface area (Å²) in [5, 5.41) is 12.0. The Labute approximate surface area is 90.3 Å². The van der Waals surface area contributed by atoms with Crippen LogP contribution in [-0.4, -0.2) is 15.1 Å². The van der Waals surface area contributed by atoms with E-state index in [1.165, 1.54) is 0 Å². The second kappa shape index (κ2) is 2.87. The predicted octanol–water partition coefficient (Wildman–Crippen LogP) is 3.08. The lowest BCUT2D eigenvalue weighted by molar-refractivity contribution is 0.481. The predicted molar refractivity (Wildman–Crippen MR) is 60.3 cm³/mol. The maximum Gasteiger partial charge on any atom is 0.140 e. The van der Waals surface area contributed by atoms with E-state index in [9.17, 15) is 5.11 Å². The Kier molecular flexibility index (Phi) is 1.64. The molecule has 0 aliphatic carbocycles. The summed E-state index contributed by atoms with van der Waals surface area (Å²) in [7, 11) is 0. The first kappa shape index (κ1) is 8.56. The zero-order chi connectivity index (χ0) is 10.4. The lowest BCUT2D eigenvalue weighted by atomic mass is 10.1. The molecule has 0 bridgehead atoms. The number of hydrogen-bond donors (Lipinski definition) is 2. The van der Waals surface area contributed by atoms with Crippen LogP contribution in [0, 0.1) is 0 Å². The Hall–Kier alpha value is -1.74. The van der Waals surface area contributed by atoms with Crippen molar-refractivity contribution < 1.29 is 5.11 Å². The van der Waals surface area contributed by atoms with E-state index in [4.69, 9.17) is 11.6 Å². The number of nitrogens with zero attached hydrogens (tertiary/aromatic N) is 1. The van der Waals surface area contributed by atoms with Gasteiger partial charge in [-0.05, 0) is 18.2 Å². The number of halogens is 1. The van der Waals surface area contributed by atoms with Gasteiger partial charge in [0.2, 0.25) is 0 Å². The van der Waals surface area contributed by atoms with Gasteiger partial charge in [0.05, 0.1) is 16.1 Å². The van der Waals surface area contributed by atoms with Crippen LogP contribution in [0.2, 0.25) is 5.02 Å². The topological polar surface area (TPSA) is 48.9 Å². The summed E-state index contributed by atoms with van der Waals surface area (Å²) in [6.45, 7) is 0. The van der Waals surface area contributed by atoms with Crippen LogP contribution in [0.25, 0.3) is 21.8 Å². The molecule has 2 N–H and O–H groups in total. The SMILES string of the molecule is Oc1cc2ccnc2c2c(Cl)cc[nH]c12. The first-order chi connectivity index (χ1) is 7.27. The van der Waals surface area contributed by atoms with Crippen molar-refractivity contribution >= 4 is 33.4 Å². The van der Waals surface area contributed by atoms with Gasteiger partial charge in [-0.15, -0.1) is 0 Å². The number of phenols is 1. The fourth-order valence-electron chi connectivity index (χ4n) is 1.80. The molecule has 0 aliphatic rings. The number of nitrogens with one attached hydrogen (secondary N) is 1. The van der Waals surface area contributed by atoms with E-state index in [1.807, 2.05) is 6.07 Å². The average Bonchev–Trinajstić information content (AvgIpc) is 2.66. The van der Waals surface area contributed by atoms with Crippen molar-refractivity contribution in [2.24, 2.45) is 0 Å². The molecule has 0 saturated carbocycles.